The van der Waals surface area contributed by atoms with Crippen LogP contribution in [0.3, 0.4) is 0 Å². The van der Waals surface area contributed by atoms with E-state index in [2.05, 4.69) is 36.4 Å². The topological polar surface area (TPSA) is 9.23 Å². The van der Waals surface area contributed by atoms with Crippen molar-refractivity contribution < 1.29 is 7.46 Å². The molecule has 5 heteroatoms. The molecule has 0 saturated carbocycles. The average molecular weight is 530 g/mol. The van der Waals surface area contributed by atoms with E-state index in [1.165, 1.54) is 12.1 Å². The van der Waals surface area contributed by atoms with Crippen LogP contribution in [0.15, 0.2) is 103 Å². The Labute approximate surface area is 184 Å². The molecule has 0 spiro atoms. The van der Waals surface area contributed by atoms with Crippen molar-refractivity contribution in [1.29, 1.82) is 0 Å². The van der Waals surface area contributed by atoms with Gasteiger partial charge in [-0.1, -0.05) is 0 Å². The van der Waals surface area contributed by atoms with Crippen LogP contribution in [0, 0.1) is 5.82 Å². The second-order valence-corrected chi connectivity index (χ2v) is 16.8. The third-order valence-corrected chi connectivity index (χ3v) is 16.6. The Morgan fingerprint density at radius 1 is 0.586 bits per heavy atom. The van der Waals surface area contributed by atoms with E-state index in [0.717, 1.165) is 10.7 Å². The Balaban J connectivity index is 2.04. The SMILES string of the molecule is Fc1cc(Cl)c([O][Sn]([c]2ccccc2)([c]2ccccc2)[c]2ccccc2)c(Cl)c1. The van der Waals surface area contributed by atoms with Gasteiger partial charge >= 0.3 is 185 Å². The molecule has 0 bridgehead atoms. The third kappa shape index (κ3) is 4.02. The van der Waals surface area contributed by atoms with Crippen LogP contribution in [0.1, 0.15) is 0 Å². The van der Waals surface area contributed by atoms with Gasteiger partial charge in [0.25, 0.3) is 0 Å². The summed E-state index contributed by atoms with van der Waals surface area (Å²) < 4.78 is 24.0. The minimum atomic E-state index is -4.06. The zero-order valence-electron chi connectivity index (χ0n) is 15.4. The Bertz CT molecular complexity index is 986. The molecule has 4 rings (SSSR count). The number of hydrogen-bond acceptors (Lipinski definition) is 1. The number of halogens is 3. The van der Waals surface area contributed by atoms with Crippen LogP contribution in [0.4, 0.5) is 4.39 Å². The maximum absolute atomic E-state index is 13.8. The van der Waals surface area contributed by atoms with E-state index in [4.69, 9.17) is 26.3 Å². The van der Waals surface area contributed by atoms with Gasteiger partial charge in [-0.15, -0.1) is 0 Å². The zero-order chi connectivity index (χ0) is 20.3. The van der Waals surface area contributed by atoms with Crippen molar-refractivity contribution in [3.8, 4) is 5.75 Å². The Kier molecular flexibility index (Phi) is 6.14. The molecular weight excluding hydrogens is 513 g/mol. The van der Waals surface area contributed by atoms with Gasteiger partial charge in [-0.2, -0.15) is 0 Å². The minimum absolute atomic E-state index is 0.166. The first kappa shape index (κ1) is 20.3. The predicted molar refractivity (Wildman–Crippen MR) is 121 cm³/mol. The van der Waals surface area contributed by atoms with Gasteiger partial charge in [0, 0.05) is 0 Å². The van der Waals surface area contributed by atoms with Crippen LogP contribution in [-0.2, 0) is 0 Å². The molecule has 29 heavy (non-hydrogen) atoms. The van der Waals surface area contributed by atoms with Crippen molar-refractivity contribution in [1.82, 2.24) is 0 Å². The van der Waals surface area contributed by atoms with E-state index in [9.17, 15) is 4.39 Å². The number of rotatable bonds is 5. The fourth-order valence-corrected chi connectivity index (χ4v) is 15.4. The van der Waals surface area contributed by atoms with Gasteiger partial charge in [0.2, 0.25) is 0 Å². The van der Waals surface area contributed by atoms with Gasteiger partial charge in [-0.25, -0.2) is 0 Å². The van der Waals surface area contributed by atoms with Gasteiger partial charge in [0.05, 0.1) is 0 Å². The molecular formula is C24H17Cl2FOSn. The van der Waals surface area contributed by atoms with Crippen LogP contribution in [0.25, 0.3) is 0 Å². The van der Waals surface area contributed by atoms with Crippen LogP contribution < -0.4 is 13.8 Å². The molecule has 144 valence electrons. The molecule has 0 amide bonds. The fourth-order valence-electron chi connectivity index (χ4n) is 3.47. The first-order valence-corrected chi connectivity index (χ1v) is 15.3. The fraction of sp³-hybridized carbons (Fsp3) is 0. The van der Waals surface area contributed by atoms with E-state index in [1.807, 2.05) is 54.6 Å². The summed E-state index contributed by atoms with van der Waals surface area (Å²) in [6.45, 7) is 0. The summed E-state index contributed by atoms with van der Waals surface area (Å²) in [6.07, 6.45) is 0. The van der Waals surface area contributed by atoms with Crippen molar-refractivity contribution in [3.63, 3.8) is 0 Å². The molecule has 0 radical (unpaired) electrons. The second kappa shape index (κ2) is 8.78. The summed E-state index contributed by atoms with van der Waals surface area (Å²) in [7, 11) is 0. The van der Waals surface area contributed by atoms with Crippen LogP contribution in [-0.4, -0.2) is 18.8 Å². The molecule has 0 aromatic heterocycles. The summed E-state index contributed by atoms with van der Waals surface area (Å²) in [5, 5.41) is 0.331. The molecule has 0 aliphatic rings. The molecule has 4 aromatic rings. The quantitative estimate of drug-likeness (QED) is 0.324. The summed E-state index contributed by atoms with van der Waals surface area (Å²) in [5.41, 5.74) is 0. The van der Waals surface area contributed by atoms with Crippen molar-refractivity contribution in [3.05, 3.63) is 119 Å². The van der Waals surface area contributed by atoms with Gasteiger partial charge in [-0.05, 0) is 0 Å². The summed E-state index contributed by atoms with van der Waals surface area (Å²) in [5.74, 6) is -0.172. The van der Waals surface area contributed by atoms with Gasteiger partial charge in [-0.3, -0.25) is 0 Å². The van der Waals surface area contributed by atoms with E-state index < -0.39 is 24.6 Å². The zero-order valence-corrected chi connectivity index (χ0v) is 19.7. The third-order valence-electron chi connectivity index (χ3n) is 4.76. The molecule has 0 unspecified atom stereocenters. The monoisotopic (exact) mass is 530 g/mol. The molecule has 0 saturated heterocycles. The summed E-state index contributed by atoms with van der Waals surface area (Å²) in [6, 6.07) is 32.9. The van der Waals surface area contributed by atoms with E-state index in [-0.39, 0.29) is 10.0 Å². The second-order valence-electron chi connectivity index (χ2n) is 6.58. The molecule has 0 aliphatic heterocycles. The maximum atomic E-state index is 13.8. The van der Waals surface area contributed by atoms with Crippen molar-refractivity contribution in [2.45, 2.75) is 0 Å². The van der Waals surface area contributed by atoms with Gasteiger partial charge in [0.1, 0.15) is 0 Å². The number of benzene rings is 4. The molecule has 0 atom stereocenters. The Hall–Kier alpha value is -2.01. The molecule has 0 heterocycles. The van der Waals surface area contributed by atoms with Gasteiger partial charge < -0.3 is 0 Å². The van der Waals surface area contributed by atoms with Crippen molar-refractivity contribution in [2.24, 2.45) is 0 Å². The molecule has 4 aromatic carbocycles. The van der Waals surface area contributed by atoms with Crippen LogP contribution in [0.2, 0.25) is 10.0 Å². The van der Waals surface area contributed by atoms with E-state index >= 15 is 0 Å². The van der Waals surface area contributed by atoms with Crippen LogP contribution in [0.5, 0.6) is 5.75 Å². The van der Waals surface area contributed by atoms with Crippen molar-refractivity contribution >= 4 is 52.7 Å². The Morgan fingerprint density at radius 2 is 0.931 bits per heavy atom. The average Bonchev–Trinajstić information content (AvgIpc) is 2.75. The van der Waals surface area contributed by atoms with Crippen molar-refractivity contribution in [2.75, 3.05) is 0 Å². The molecule has 0 fully saturated rings. The van der Waals surface area contributed by atoms with Crippen LogP contribution >= 0.6 is 23.2 Å². The molecule has 1 nitrogen and oxygen atoms in total. The first-order chi connectivity index (χ1) is 14.1. The first-order valence-electron chi connectivity index (χ1n) is 9.11. The van der Waals surface area contributed by atoms with E-state index in [0.29, 0.717) is 5.75 Å². The molecule has 0 aliphatic carbocycles. The predicted octanol–water partition coefficient (Wildman–Crippen LogP) is 5.18. The number of hydrogen-bond donors (Lipinski definition) is 0. The standard InChI is InChI=1S/C6H3Cl2FO.3C6H5.Sn/c7-4-1-3(9)2-5(8)6(4)10;3*1-2-4-6-5-3-1;/h1-2,10H;3*1-5H;/q;;;;+1/p-1. The van der Waals surface area contributed by atoms with Gasteiger partial charge in [0.15, 0.2) is 0 Å². The summed E-state index contributed by atoms with van der Waals surface area (Å²) in [4.78, 5) is 0. The van der Waals surface area contributed by atoms with E-state index in [1.54, 1.807) is 0 Å². The Morgan fingerprint density at radius 3 is 1.28 bits per heavy atom. The normalized spacial score (nSPS) is 11.3. The molecule has 0 N–H and O–H groups in total. The summed E-state index contributed by atoms with van der Waals surface area (Å²) >= 11 is 8.71.